The van der Waals surface area contributed by atoms with Gasteiger partial charge in [-0.15, -0.1) is 0 Å². The Hall–Kier alpha value is -3.14. The second kappa shape index (κ2) is 10.2. The standard InChI is InChI=1S/C23H27F3N4O3/c1-15-6-2-3-9-29(15)10-5-11-30(18-8-4-7-17(13-18)23(24,25)26)22(33)19-12-16(20(27)31)14-28-21(19)32/h4,7-8,12-15H,2-3,5-6,9-11H2,1H3,(H2,27,31)(H,28,32). The minimum absolute atomic E-state index is 0.0189. The molecule has 0 saturated carbocycles. The average molecular weight is 464 g/mol. The zero-order valence-corrected chi connectivity index (χ0v) is 18.3. The van der Waals surface area contributed by atoms with E-state index in [0.717, 1.165) is 55.1 Å². The number of carbonyl (C=O) groups is 2. The van der Waals surface area contributed by atoms with Crippen LogP contribution < -0.4 is 16.2 Å². The first-order chi connectivity index (χ1) is 15.6. The van der Waals surface area contributed by atoms with Gasteiger partial charge in [0.1, 0.15) is 5.56 Å². The number of rotatable bonds is 7. The summed E-state index contributed by atoms with van der Waals surface area (Å²) in [7, 11) is 0. The number of nitrogens with zero attached hydrogens (tertiary/aromatic N) is 2. The minimum atomic E-state index is -4.59. The van der Waals surface area contributed by atoms with Crippen molar-refractivity contribution in [2.45, 2.75) is 44.8 Å². The molecule has 1 aliphatic heterocycles. The van der Waals surface area contributed by atoms with Crippen LogP contribution >= 0.6 is 0 Å². The Kier molecular flexibility index (Phi) is 7.57. The number of likely N-dealkylation sites (tertiary alicyclic amines) is 1. The molecule has 10 heteroatoms. The number of aromatic nitrogens is 1. The van der Waals surface area contributed by atoms with Gasteiger partial charge in [0.2, 0.25) is 5.91 Å². The first-order valence-electron chi connectivity index (χ1n) is 10.8. The van der Waals surface area contributed by atoms with Crippen LogP contribution in [-0.4, -0.2) is 47.4 Å². The van der Waals surface area contributed by atoms with Gasteiger partial charge in [-0.05, 0) is 57.0 Å². The number of aromatic amines is 1. The summed E-state index contributed by atoms with van der Waals surface area (Å²) in [5.74, 6) is -1.64. The quantitative estimate of drug-likeness (QED) is 0.656. The van der Waals surface area contributed by atoms with Crippen LogP contribution in [0.4, 0.5) is 18.9 Å². The molecule has 2 amide bonds. The van der Waals surface area contributed by atoms with Crippen LogP contribution in [0.2, 0.25) is 0 Å². The zero-order chi connectivity index (χ0) is 24.2. The molecule has 1 atom stereocenters. The summed E-state index contributed by atoms with van der Waals surface area (Å²) in [5, 5.41) is 0. The molecule has 0 bridgehead atoms. The molecule has 1 aromatic carbocycles. The van der Waals surface area contributed by atoms with E-state index in [2.05, 4.69) is 16.8 Å². The topological polar surface area (TPSA) is 99.5 Å². The number of anilines is 1. The number of hydrogen-bond acceptors (Lipinski definition) is 4. The molecule has 1 unspecified atom stereocenters. The summed E-state index contributed by atoms with van der Waals surface area (Å²) >= 11 is 0. The summed E-state index contributed by atoms with van der Waals surface area (Å²) in [6.45, 7) is 3.83. The Labute approximate surface area is 189 Å². The van der Waals surface area contributed by atoms with Crippen LogP contribution in [0.25, 0.3) is 0 Å². The Morgan fingerprint density at radius 3 is 2.67 bits per heavy atom. The maximum absolute atomic E-state index is 13.3. The number of benzene rings is 1. The fourth-order valence-electron chi connectivity index (χ4n) is 4.05. The molecule has 3 rings (SSSR count). The van der Waals surface area contributed by atoms with E-state index in [4.69, 9.17) is 5.73 Å². The number of nitrogens with two attached hydrogens (primary N) is 1. The van der Waals surface area contributed by atoms with E-state index >= 15 is 0 Å². The normalized spacial score (nSPS) is 17.0. The van der Waals surface area contributed by atoms with E-state index in [0.29, 0.717) is 19.0 Å². The fourth-order valence-corrected chi connectivity index (χ4v) is 4.05. The second-order valence-electron chi connectivity index (χ2n) is 8.23. The summed E-state index contributed by atoms with van der Waals surface area (Å²) < 4.78 is 39.8. The number of H-pyrrole nitrogens is 1. The molecule has 2 heterocycles. The summed E-state index contributed by atoms with van der Waals surface area (Å²) in [5.41, 5.74) is 3.16. The van der Waals surface area contributed by atoms with Gasteiger partial charge in [-0.3, -0.25) is 14.4 Å². The fraction of sp³-hybridized carbons (Fsp3) is 0.435. The maximum atomic E-state index is 13.3. The maximum Gasteiger partial charge on any atom is 0.416 e. The predicted octanol–water partition coefficient (Wildman–Crippen LogP) is 3.40. The molecule has 1 aromatic heterocycles. The van der Waals surface area contributed by atoms with E-state index in [9.17, 15) is 27.6 Å². The largest absolute Gasteiger partial charge is 0.416 e. The number of piperidine rings is 1. The Morgan fingerprint density at radius 2 is 2.00 bits per heavy atom. The lowest BCUT2D eigenvalue weighted by molar-refractivity contribution is -0.137. The van der Waals surface area contributed by atoms with E-state index < -0.39 is 29.1 Å². The molecule has 7 nitrogen and oxygen atoms in total. The number of hydrogen-bond donors (Lipinski definition) is 2. The molecule has 1 fully saturated rings. The molecular formula is C23H27F3N4O3. The van der Waals surface area contributed by atoms with E-state index in [1.807, 2.05) is 0 Å². The lowest BCUT2D eigenvalue weighted by Gasteiger charge is -2.34. The van der Waals surface area contributed by atoms with E-state index in [-0.39, 0.29) is 23.4 Å². The van der Waals surface area contributed by atoms with Crippen molar-refractivity contribution in [3.63, 3.8) is 0 Å². The number of halogens is 3. The number of primary amides is 1. The summed E-state index contributed by atoms with van der Waals surface area (Å²) in [6, 6.07) is 5.87. The van der Waals surface area contributed by atoms with Crippen molar-refractivity contribution in [1.82, 2.24) is 9.88 Å². The average Bonchev–Trinajstić information content (AvgIpc) is 2.77. The van der Waals surface area contributed by atoms with Crippen LogP contribution in [0.5, 0.6) is 0 Å². The van der Waals surface area contributed by atoms with Crippen molar-refractivity contribution in [3.05, 3.63) is 63.6 Å². The number of carbonyl (C=O) groups excluding carboxylic acids is 2. The third-order valence-electron chi connectivity index (χ3n) is 5.92. The van der Waals surface area contributed by atoms with Gasteiger partial charge in [0.25, 0.3) is 11.5 Å². The highest BCUT2D eigenvalue weighted by Gasteiger charge is 2.32. The monoisotopic (exact) mass is 464 g/mol. The molecule has 0 aliphatic carbocycles. The molecule has 1 aliphatic rings. The smallest absolute Gasteiger partial charge is 0.366 e. The number of alkyl halides is 3. The third-order valence-corrected chi connectivity index (χ3v) is 5.92. The van der Waals surface area contributed by atoms with Gasteiger partial charge in [0, 0.05) is 31.0 Å². The molecular weight excluding hydrogens is 437 g/mol. The Balaban J connectivity index is 1.91. The first kappa shape index (κ1) is 24.5. The molecule has 1 saturated heterocycles. The molecule has 2 aromatic rings. The van der Waals surface area contributed by atoms with E-state index in [1.54, 1.807) is 0 Å². The van der Waals surface area contributed by atoms with Gasteiger partial charge in [0.05, 0.1) is 11.1 Å². The van der Waals surface area contributed by atoms with Crippen LogP contribution in [0.1, 0.15) is 58.9 Å². The van der Waals surface area contributed by atoms with Crippen molar-refractivity contribution in [1.29, 1.82) is 0 Å². The van der Waals surface area contributed by atoms with Crippen molar-refractivity contribution >= 4 is 17.5 Å². The summed E-state index contributed by atoms with van der Waals surface area (Å²) in [6.07, 6.45) is 0.317. The molecule has 0 radical (unpaired) electrons. The highest BCUT2D eigenvalue weighted by Crippen LogP contribution is 2.32. The lowest BCUT2D eigenvalue weighted by Crippen LogP contribution is -2.41. The highest BCUT2D eigenvalue weighted by molar-refractivity contribution is 6.07. The number of pyridine rings is 1. The molecule has 178 valence electrons. The van der Waals surface area contributed by atoms with Gasteiger partial charge >= 0.3 is 6.18 Å². The van der Waals surface area contributed by atoms with Gasteiger partial charge in [0.15, 0.2) is 0 Å². The molecule has 3 N–H and O–H groups in total. The van der Waals surface area contributed by atoms with Crippen LogP contribution in [0.3, 0.4) is 0 Å². The minimum Gasteiger partial charge on any atom is -0.366 e. The van der Waals surface area contributed by atoms with Crippen LogP contribution in [0, 0.1) is 0 Å². The van der Waals surface area contributed by atoms with Crippen molar-refractivity contribution in [3.8, 4) is 0 Å². The van der Waals surface area contributed by atoms with Crippen molar-refractivity contribution < 1.29 is 22.8 Å². The van der Waals surface area contributed by atoms with Crippen LogP contribution in [-0.2, 0) is 6.18 Å². The van der Waals surface area contributed by atoms with Crippen LogP contribution in [0.15, 0.2) is 41.3 Å². The molecule has 33 heavy (non-hydrogen) atoms. The SMILES string of the molecule is CC1CCCCN1CCCN(C(=O)c1cc(C(N)=O)c[nH]c1=O)c1cccc(C(F)(F)F)c1. The first-order valence-corrected chi connectivity index (χ1v) is 10.8. The third kappa shape index (κ3) is 6.01. The Morgan fingerprint density at radius 1 is 1.24 bits per heavy atom. The summed E-state index contributed by atoms with van der Waals surface area (Å²) in [4.78, 5) is 42.9. The van der Waals surface area contributed by atoms with Crippen molar-refractivity contribution in [2.24, 2.45) is 5.73 Å². The Bertz CT molecular complexity index is 1070. The zero-order valence-electron chi connectivity index (χ0n) is 18.3. The number of amides is 2. The lowest BCUT2D eigenvalue weighted by atomic mass is 10.0. The van der Waals surface area contributed by atoms with E-state index in [1.165, 1.54) is 12.1 Å². The van der Waals surface area contributed by atoms with Gasteiger partial charge in [-0.2, -0.15) is 13.2 Å². The highest BCUT2D eigenvalue weighted by atomic mass is 19.4. The second-order valence-corrected chi connectivity index (χ2v) is 8.23. The van der Waals surface area contributed by atoms with Crippen molar-refractivity contribution in [2.75, 3.05) is 24.5 Å². The number of nitrogens with one attached hydrogen (secondary N) is 1. The van der Waals surface area contributed by atoms with Gasteiger partial charge in [-0.25, -0.2) is 0 Å². The predicted molar refractivity (Wildman–Crippen MR) is 118 cm³/mol. The molecule has 0 spiro atoms. The van der Waals surface area contributed by atoms with Gasteiger partial charge in [-0.1, -0.05) is 12.5 Å². The van der Waals surface area contributed by atoms with Gasteiger partial charge < -0.3 is 20.5 Å².